The molecule has 2 N–H and O–H groups in total. The highest BCUT2D eigenvalue weighted by atomic mass is 19.1. The monoisotopic (exact) mass is 202 g/mol. The first-order valence-electron chi connectivity index (χ1n) is 4.43. The minimum atomic E-state index is -0.941. The summed E-state index contributed by atoms with van der Waals surface area (Å²) in [6.45, 7) is 0.0402. The highest BCUT2D eigenvalue weighted by Crippen LogP contribution is 2.24. The van der Waals surface area contributed by atoms with Crippen LogP contribution in [0.15, 0.2) is 12.1 Å². The Kier molecular flexibility index (Phi) is 3.83. The number of halogens is 2. The summed E-state index contributed by atoms with van der Waals surface area (Å²) in [7, 11) is 0. The van der Waals surface area contributed by atoms with Crippen molar-refractivity contribution in [3.8, 4) is 5.75 Å². The van der Waals surface area contributed by atoms with Gasteiger partial charge < -0.3 is 10.2 Å². The third kappa shape index (κ3) is 2.67. The molecule has 0 aliphatic carbocycles. The van der Waals surface area contributed by atoms with Gasteiger partial charge >= 0.3 is 0 Å². The number of unbranched alkanes of at least 4 members (excludes halogenated alkanes) is 1. The number of benzene rings is 1. The molecular weight excluding hydrogens is 190 g/mol. The SMILES string of the molecule is OCCCCc1cc(F)cc(F)c1O. The zero-order chi connectivity index (χ0) is 10.6. The van der Waals surface area contributed by atoms with Gasteiger partial charge in [0.05, 0.1) is 0 Å². The molecule has 0 atom stereocenters. The molecule has 0 amide bonds. The molecule has 4 heteroatoms. The molecule has 1 rings (SSSR count). The summed E-state index contributed by atoms with van der Waals surface area (Å²) < 4.78 is 25.5. The molecule has 1 aromatic rings. The minimum absolute atomic E-state index is 0.0402. The van der Waals surface area contributed by atoms with E-state index in [9.17, 15) is 13.9 Å². The molecule has 0 aliphatic rings. The molecule has 78 valence electrons. The van der Waals surface area contributed by atoms with Crippen LogP contribution in [-0.2, 0) is 6.42 Å². The van der Waals surface area contributed by atoms with E-state index in [4.69, 9.17) is 5.11 Å². The second-order valence-electron chi connectivity index (χ2n) is 3.08. The highest BCUT2D eigenvalue weighted by Gasteiger charge is 2.09. The molecule has 0 saturated heterocycles. The lowest BCUT2D eigenvalue weighted by atomic mass is 10.1. The first-order chi connectivity index (χ1) is 6.65. The Hall–Kier alpha value is -1.16. The van der Waals surface area contributed by atoms with E-state index >= 15 is 0 Å². The maximum atomic E-state index is 12.8. The van der Waals surface area contributed by atoms with Crippen LogP contribution in [-0.4, -0.2) is 16.8 Å². The number of aryl methyl sites for hydroxylation is 1. The van der Waals surface area contributed by atoms with Gasteiger partial charge in [0.15, 0.2) is 11.6 Å². The van der Waals surface area contributed by atoms with Crippen LogP contribution in [0.3, 0.4) is 0 Å². The summed E-state index contributed by atoms with van der Waals surface area (Å²) in [5, 5.41) is 17.7. The van der Waals surface area contributed by atoms with Crippen LogP contribution in [0, 0.1) is 11.6 Å². The van der Waals surface area contributed by atoms with Crippen LogP contribution >= 0.6 is 0 Å². The first kappa shape index (κ1) is 10.9. The molecule has 0 bridgehead atoms. The Labute approximate surface area is 80.8 Å². The van der Waals surface area contributed by atoms with Crippen molar-refractivity contribution in [2.75, 3.05) is 6.61 Å². The summed E-state index contributed by atoms with van der Waals surface area (Å²) in [4.78, 5) is 0. The van der Waals surface area contributed by atoms with Gasteiger partial charge in [0.25, 0.3) is 0 Å². The first-order valence-corrected chi connectivity index (χ1v) is 4.43. The quantitative estimate of drug-likeness (QED) is 0.733. The Morgan fingerprint density at radius 1 is 1.14 bits per heavy atom. The largest absolute Gasteiger partial charge is 0.505 e. The average molecular weight is 202 g/mol. The molecular formula is C10H12F2O2. The normalized spacial score (nSPS) is 10.5. The second kappa shape index (κ2) is 4.91. The molecule has 0 heterocycles. The van der Waals surface area contributed by atoms with Gasteiger partial charge in [-0.2, -0.15) is 0 Å². The number of phenolic OH excluding ortho intramolecular Hbond substituents is 1. The fourth-order valence-electron chi connectivity index (χ4n) is 1.24. The Morgan fingerprint density at radius 2 is 1.86 bits per heavy atom. The number of aliphatic hydroxyl groups excluding tert-OH is 1. The molecule has 0 unspecified atom stereocenters. The van der Waals surface area contributed by atoms with Crippen LogP contribution in [0.1, 0.15) is 18.4 Å². The molecule has 0 saturated carbocycles. The second-order valence-corrected chi connectivity index (χ2v) is 3.08. The van der Waals surface area contributed by atoms with Crippen LogP contribution < -0.4 is 0 Å². The van der Waals surface area contributed by atoms with Crippen molar-refractivity contribution in [3.05, 3.63) is 29.3 Å². The average Bonchev–Trinajstić information content (AvgIpc) is 2.13. The van der Waals surface area contributed by atoms with Gasteiger partial charge in [-0.15, -0.1) is 0 Å². The van der Waals surface area contributed by atoms with Crippen molar-refractivity contribution < 1.29 is 19.0 Å². The third-order valence-corrected chi connectivity index (χ3v) is 1.96. The molecule has 0 aromatic heterocycles. The number of rotatable bonds is 4. The van der Waals surface area contributed by atoms with E-state index in [2.05, 4.69) is 0 Å². The third-order valence-electron chi connectivity index (χ3n) is 1.96. The fourth-order valence-corrected chi connectivity index (χ4v) is 1.24. The molecule has 0 aliphatic heterocycles. The summed E-state index contributed by atoms with van der Waals surface area (Å²) in [5.74, 6) is -2.13. The molecule has 0 fully saturated rings. The smallest absolute Gasteiger partial charge is 0.168 e. The molecule has 1 aromatic carbocycles. The van der Waals surface area contributed by atoms with Gasteiger partial charge in [0.2, 0.25) is 0 Å². The summed E-state index contributed by atoms with van der Waals surface area (Å²) >= 11 is 0. The van der Waals surface area contributed by atoms with Crippen molar-refractivity contribution in [1.82, 2.24) is 0 Å². The maximum Gasteiger partial charge on any atom is 0.168 e. The number of aliphatic hydroxyl groups is 1. The summed E-state index contributed by atoms with van der Waals surface area (Å²) in [6, 6.07) is 1.75. The van der Waals surface area contributed by atoms with E-state index in [0.29, 0.717) is 25.3 Å². The van der Waals surface area contributed by atoms with Gasteiger partial charge in [-0.25, -0.2) is 8.78 Å². The van der Waals surface area contributed by atoms with Gasteiger partial charge in [-0.1, -0.05) is 0 Å². The van der Waals surface area contributed by atoms with Gasteiger partial charge in [0.1, 0.15) is 5.82 Å². The van der Waals surface area contributed by atoms with Crippen LogP contribution in [0.2, 0.25) is 0 Å². The molecule has 14 heavy (non-hydrogen) atoms. The fraction of sp³-hybridized carbons (Fsp3) is 0.400. The number of hydrogen-bond acceptors (Lipinski definition) is 2. The lowest BCUT2D eigenvalue weighted by Gasteiger charge is -2.04. The predicted octanol–water partition coefficient (Wildman–Crippen LogP) is 1.99. The highest BCUT2D eigenvalue weighted by molar-refractivity contribution is 5.34. The molecule has 0 spiro atoms. The van der Waals surface area contributed by atoms with Gasteiger partial charge in [-0.05, 0) is 30.9 Å². The van der Waals surface area contributed by atoms with E-state index in [1.165, 1.54) is 0 Å². The van der Waals surface area contributed by atoms with Crippen molar-refractivity contribution in [1.29, 1.82) is 0 Å². The zero-order valence-electron chi connectivity index (χ0n) is 7.63. The van der Waals surface area contributed by atoms with Crippen molar-refractivity contribution >= 4 is 0 Å². The number of phenols is 1. The standard InChI is InChI=1S/C10H12F2O2/c11-8-5-7(3-1-2-4-13)10(14)9(12)6-8/h5-6,13-14H,1-4H2. The van der Waals surface area contributed by atoms with Crippen molar-refractivity contribution in [3.63, 3.8) is 0 Å². The van der Waals surface area contributed by atoms with Crippen LogP contribution in [0.25, 0.3) is 0 Å². The van der Waals surface area contributed by atoms with Gasteiger partial charge in [0, 0.05) is 12.7 Å². The molecule has 2 nitrogen and oxygen atoms in total. The lowest BCUT2D eigenvalue weighted by molar-refractivity contribution is 0.284. The van der Waals surface area contributed by atoms with E-state index in [-0.39, 0.29) is 12.2 Å². The minimum Gasteiger partial charge on any atom is -0.505 e. The van der Waals surface area contributed by atoms with E-state index < -0.39 is 17.4 Å². The van der Waals surface area contributed by atoms with Gasteiger partial charge in [-0.3, -0.25) is 0 Å². The summed E-state index contributed by atoms with van der Waals surface area (Å²) in [5.41, 5.74) is 0.246. The van der Waals surface area contributed by atoms with E-state index in [0.717, 1.165) is 6.07 Å². The molecule has 0 radical (unpaired) electrons. The Morgan fingerprint density at radius 3 is 2.50 bits per heavy atom. The van der Waals surface area contributed by atoms with Crippen molar-refractivity contribution in [2.24, 2.45) is 0 Å². The Bertz CT molecular complexity index is 313. The van der Waals surface area contributed by atoms with Crippen molar-refractivity contribution in [2.45, 2.75) is 19.3 Å². The predicted molar refractivity (Wildman–Crippen MR) is 48.0 cm³/mol. The number of hydrogen-bond donors (Lipinski definition) is 2. The van der Waals surface area contributed by atoms with Crippen LogP contribution in [0.5, 0.6) is 5.75 Å². The lowest BCUT2D eigenvalue weighted by Crippen LogP contribution is -1.93. The Balaban J connectivity index is 2.75. The summed E-state index contributed by atoms with van der Waals surface area (Å²) in [6.07, 6.45) is 1.51. The van der Waals surface area contributed by atoms with E-state index in [1.54, 1.807) is 0 Å². The number of aromatic hydroxyl groups is 1. The zero-order valence-corrected chi connectivity index (χ0v) is 7.63. The van der Waals surface area contributed by atoms with E-state index in [1.807, 2.05) is 0 Å². The van der Waals surface area contributed by atoms with Crippen LogP contribution in [0.4, 0.5) is 8.78 Å². The maximum absolute atomic E-state index is 12.8. The topological polar surface area (TPSA) is 40.5 Å².